The Labute approximate surface area is 113 Å². The summed E-state index contributed by atoms with van der Waals surface area (Å²) in [6.45, 7) is 11.5. The van der Waals surface area contributed by atoms with Crippen LogP contribution in [-0.4, -0.2) is 54.6 Å². The van der Waals surface area contributed by atoms with Crippen molar-refractivity contribution in [3.8, 4) is 0 Å². The van der Waals surface area contributed by atoms with Crippen molar-refractivity contribution in [3.63, 3.8) is 0 Å². The normalized spacial score (nSPS) is 44.2. The van der Waals surface area contributed by atoms with Crippen molar-refractivity contribution in [3.05, 3.63) is 0 Å². The van der Waals surface area contributed by atoms with E-state index in [-0.39, 0.29) is 5.54 Å². The Hall–Kier alpha value is -0.120. The Morgan fingerprint density at radius 2 is 1.94 bits per heavy atom. The van der Waals surface area contributed by atoms with Crippen LogP contribution in [0.4, 0.5) is 0 Å². The largest absolute Gasteiger partial charge is 0.329 e. The number of nitrogens with zero attached hydrogens (tertiary/aromatic N) is 2. The zero-order valence-corrected chi connectivity index (χ0v) is 12.7. The number of hydrogen-bond donors (Lipinski definition) is 1. The lowest BCUT2D eigenvalue weighted by atomic mass is 9.68. The number of nitrogens with two attached hydrogens (primary N) is 1. The van der Waals surface area contributed by atoms with Crippen molar-refractivity contribution < 1.29 is 0 Å². The molecule has 0 amide bonds. The highest BCUT2D eigenvalue weighted by atomic mass is 15.3. The first-order valence-corrected chi connectivity index (χ1v) is 7.65. The van der Waals surface area contributed by atoms with E-state index in [0.29, 0.717) is 6.04 Å². The third kappa shape index (κ3) is 2.45. The van der Waals surface area contributed by atoms with Gasteiger partial charge < -0.3 is 10.6 Å². The summed E-state index contributed by atoms with van der Waals surface area (Å²) in [5, 5.41) is 0. The van der Waals surface area contributed by atoms with Crippen LogP contribution in [0, 0.1) is 11.8 Å². The van der Waals surface area contributed by atoms with E-state index in [1.54, 1.807) is 0 Å². The summed E-state index contributed by atoms with van der Waals surface area (Å²) < 4.78 is 0. The first kappa shape index (κ1) is 14.3. The lowest BCUT2D eigenvalue weighted by molar-refractivity contribution is -0.0397. The lowest BCUT2D eigenvalue weighted by Crippen LogP contribution is -2.65. The van der Waals surface area contributed by atoms with Crippen LogP contribution >= 0.6 is 0 Å². The molecule has 1 saturated heterocycles. The molecule has 0 bridgehead atoms. The second-order valence-electron chi connectivity index (χ2n) is 6.86. The molecular weight excluding hydrogens is 222 g/mol. The molecule has 4 atom stereocenters. The van der Waals surface area contributed by atoms with Crippen LogP contribution in [0.5, 0.6) is 0 Å². The summed E-state index contributed by atoms with van der Waals surface area (Å²) in [7, 11) is 2.24. The fourth-order valence-corrected chi connectivity index (χ4v) is 4.04. The second kappa shape index (κ2) is 5.48. The molecule has 2 N–H and O–H groups in total. The summed E-state index contributed by atoms with van der Waals surface area (Å²) in [4.78, 5) is 5.19. The van der Waals surface area contributed by atoms with Crippen LogP contribution in [0.3, 0.4) is 0 Å². The number of hydrogen-bond acceptors (Lipinski definition) is 3. The van der Waals surface area contributed by atoms with E-state index < -0.39 is 0 Å². The summed E-state index contributed by atoms with van der Waals surface area (Å²) in [6.07, 6.45) is 3.99. The fourth-order valence-electron chi connectivity index (χ4n) is 4.04. The van der Waals surface area contributed by atoms with Gasteiger partial charge in [-0.05, 0) is 45.1 Å². The van der Waals surface area contributed by atoms with Gasteiger partial charge in [-0.1, -0.05) is 13.8 Å². The van der Waals surface area contributed by atoms with Gasteiger partial charge in [-0.15, -0.1) is 0 Å². The predicted molar refractivity (Wildman–Crippen MR) is 77.6 cm³/mol. The van der Waals surface area contributed by atoms with Crippen LogP contribution in [0.15, 0.2) is 0 Å². The quantitative estimate of drug-likeness (QED) is 0.814. The maximum absolute atomic E-state index is 6.23. The predicted octanol–water partition coefficient (Wildman–Crippen LogP) is 1.78. The average Bonchev–Trinajstić information content (AvgIpc) is 2.34. The molecule has 0 aromatic heterocycles. The van der Waals surface area contributed by atoms with Gasteiger partial charge in [0.05, 0.1) is 0 Å². The molecule has 1 aliphatic heterocycles. The van der Waals surface area contributed by atoms with Gasteiger partial charge in [-0.3, -0.25) is 4.90 Å². The zero-order valence-electron chi connectivity index (χ0n) is 12.7. The molecule has 3 nitrogen and oxygen atoms in total. The van der Waals surface area contributed by atoms with Gasteiger partial charge in [0, 0.05) is 37.8 Å². The Morgan fingerprint density at radius 3 is 2.50 bits per heavy atom. The van der Waals surface area contributed by atoms with Gasteiger partial charge in [0.25, 0.3) is 0 Å². The topological polar surface area (TPSA) is 32.5 Å². The van der Waals surface area contributed by atoms with E-state index in [0.717, 1.165) is 18.4 Å². The lowest BCUT2D eigenvalue weighted by Gasteiger charge is -2.54. The third-order valence-corrected chi connectivity index (χ3v) is 5.69. The van der Waals surface area contributed by atoms with Crippen LogP contribution in [-0.2, 0) is 0 Å². The third-order valence-electron chi connectivity index (χ3n) is 5.69. The van der Waals surface area contributed by atoms with Crippen LogP contribution < -0.4 is 5.73 Å². The molecule has 0 radical (unpaired) electrons. The Bertz CT molecular complexity index is 281. The van der Waals surface area contributed by atoms with Crippen molar-refractivity contribution in [1.82, 2.24) is 9.80 Å². The van der Waals surface area contributed by atoms with Crippen molar-refractivity contribution in [1.29, 1.82) is 0 Å². The second-order valence-corrected chi connectivity index (χ2v) is 6.86. The van der Waals surface area contributed by atoms with E-state index in [4.69, 9.17) is 5.73 Å². The summed E-state index contributed by atoms with van der Waals surface area (Å²) in [5.74, 6) is 1.62. The minimum atomic E-state index is 0.280. The minimum Gasteiger partial charge on any atom is -0.329 e. The molecule has 0 aromatic rings. The molecule has 18 heavy (non-hydrogen) atoms. The number of rotatable bonds is 2. The summed E-state index contributed by atoms with van der Waals surface area (Å²) >= 11 is 0. The molecule has 2 rings (SSSR count). The first-order chi connectivity index (χ1) is 8.49. The Kier molecular flexibility index (Phi) is 4.35. The maximum Gasteiger partial charge on any atom is 0.0358 e. The van der Waals surface area contributed by atoms with Gasteiger partial charge in [0.15, 0.2) is 0 Å². The van der Waals surface area contributed by atoms with E-state index in [2.05, 4.69) is 37.6 Å². The van der Waals surface area contributed by atoms with Gasteiger partial charge in [0.1, 0.15) is 0 Å². The number of piperazine rings is 1. The number of likely N-dealkylation sites (N-methyl/N-ethyl adjacent to an activating group) is 1. The van der Waals surface area contributed by atoms with E-state index in [1.165, 1.54) is 38.9 Å². The van der Waals surface area contributed by atoms with Crippen molar-refractivity contribution in [2.75, 3.05) is 33.2 Å². The van der Waals surface area contributed by atoms with Crippen LogP contribution in [0.25, 0.3) is 0 Å². The zero-order chi connectivity index (χ0) is 13.3. The van der Waals surface area contributed by atoms with E-state index in [9.17, 15) is 0 Å². The summed E-state index contributed by atoms with van der Waals surface area (Å²) in [5.41, 5.74) is 6.51. The molecule has 106 valence electrons. The molecule has 1 aliphatic carbocycles. The van der Waals surface area contributed by atoms with Gasteiger partial charge in [-0.2, -0.15) is 0 Å². The highest BCUT2D eigenvalue weighted by molar-refractivity contribution is 5.01. The highest BCUT2D eigenvalue weighted by Crippen LogP contribution is 2.41. The van der Waals surface area contributed by atoms with Crippen molar-refractivity contribution in [2.24, 2.45) is 17.6 Å². The van der Waals surface area contributed by atoms with E-state index in [1.807, 2.05) is 0 Å². The van der Waals surface area contributed by atoms with Gasteiger partial charge in [-0.25, -0.2) is 0 Å². The standard InChI is InChI=1S/C15H31N3/c1-12-5-6-15(11-16,13(2)9-12)18-8-7-17(4)14(3)10-18/h12-14H,5-11,16H2,1-4H3. The summed E-state index contributed by atoms with van der Waals surface area (Å²) in [6, 6.07) is 0.661. The molecular formula is C15H31N3. The SMILES string of the molecule is CC1CCC(CN)(N2CCN(C)C(C)C2)C(C)C1. The Morgan fingerprint density at radius 1 is 1.22 bits per heavy atom. The van der Waals surface area contributed by atoms with Gasteiger partial charge >= 0.3 is 0 Å². The molecule has 0 spiro atoms. The molecule has 1 heterocycles. The van der Waals surface area contributed by atoms with Crippen LogP contribution in [0.1, 0.15) is 40.0 Å². The van der Waals surface area contributed by atoms with Crippen molar-refractivity contribution in [2.45, 2.75) is 51.6 Å². The Balaban J connectivity index is 2.12. The first-order valence-electron chi connectivity index (χ1n) is 7.65. The van der Waals surface area contributed by atoms with Crippen molar-refractivity contribution >= 4 is 0 Å². The van der Waals surface area contributed by atoms with Crippen LogP contribution in [0.2, 0.25) is 0 Å². The average molecular weight is 253 g/mol. The smallest absolute Gasteiger partial charge is 0.0358 e. The van der Waals surface area contributed by atoms with Gasteiger partial charge in [0.2, 0.25) is 0 Å². The monoisotopic (exact) mass is 253 g/mol. The molecule has 2 aliphatic rings. The molecule has 0 aromatic carbocycles. The highest BCUT2D eigenvalue weighted by Gasteiger charge is 2.45. The molecule has 1 saturated carbocycles. The van der Waals surface area contributed by atoms with E-state index >= 15 is 0 Å². The fraction of sp³-hybridized carbons (Fsp3) is 1.00. The minimum absolute atomic E-state index is 0.280. The molecule has 4 unspecified atom stereocenters. The molecule has 2 fully saturated rings. The molecule has 3 heteroatoms. The maximum atomic E-state index is 6.23.